The number of benzene rings is 2. The van der Waals surface area contributed by atoms with E-state index in [1.807, 2.05) is 6.92 Å². The van der Waals surface area contributed by atoms with Gasteiger partial charge < -0.3 is 9.84 Å². The fourth-order valence-electron chi connectivity index (χ4n) is 1.84. The SMILES string of the molecule is CCCOc1c(Cl)cc(/C=N\NC(=O)c2ccc(O)cc2)cc1Cl. The first-order valence-electron chi connectivity index (χ1n) is 7.25. The number of nitrogens with one attached hydrogen (secondary N) is 1. The summed E-state index contributed by atoms with van der Waals surface area (Å²) in [6, 6.07) is 9.13. The van der Waals surface area contributed by atoms with Crippen molar-refractivity contribution < 1.29 is 14.6 Å². The van der Waals surface area contributed by atoms with E-state index in [4.69, 9.17) is 27.9 Å². The van der Waals surface area contributed by atoms with E-state index in [-0.39, 0.29) is 5.75 Å². The van der Waals surface area contributed by atoms with Crippen molar-refractivity contribution in [2.75, 3.05) is 6.61 Å². The number of carbonyl (C=O) groups excluding carboxylic acids is 1. The molecular weight excluding hydrogens is 351 g/mol. The van der Waals surface area contributed by atoms with Crippen molar-refractivity contribution in [3.8, 4) is 11.5 Å². The third-order valence-corrected chi connectivity index (χ3v) is 3.54. The number of nitrogens with zero attached hydrogens (tertiary/aromatic N) is 1. The molecule has 2 rings (SSSR count). The molecule has 0 saturated carbocycles. The van der Waals surface area contributed by atoms with Crippen LogP contribution in [0.5, 0.6) is 11.5 Å². The second-order valence-electron chi connectivity index (χ2n) is 4.91. The summed E-state index contributed by atoms with van der Waals surface area (Å²) in [6.45, 7) is 2.51. The number of hydrazone groups is 1. The lowest BCUT2D eigenvalue weighted by Crippen LogP contribution is -2.17. The van der Waals surface area contributed by atoms with Crippen molar-refractivity contribution in [2.45, 2.75) is 13.3 Å². The van der Waals surface area contributed by atoms with Crippen molar-refractivity contribution in [1.82, 2.24) is 5.43 Å². The number of aromatic hydroxyl groups is 1. The quantitative estimate of drug-likeness (QED) is 0.592. The van der Waals surface area contributed by atoms with Crippen LogP contribution in [0.2, 0.25) is 10.0 Å². The molecule has 0 radical (unpaired) electrons. The van der Waals surface area contributed by atoms with Crippen LogP contribution in [0.15, 0.2) is 41.5 Å². The minimum absolute atomic E-state index is 0.0877. The van der Waals surface area contributed by atoms with Crippen LogP contribution in [0.1, 0.15) is 29.3 Å². The highest BCUT2D eigenvalue weighted by molar-refractivity contribution is 6.37. The number of amides is 1. The first-order chi connectivity index (χ1) is 11.5. The molecule has 0 aromatic heterocycles. The number of ether oxygens (including phenoxy) is 1. The zero-order valence-electron chi connectivity index (χ0n) is 12.9. The summed E-state index contributed by atoms with van der Waals surface area (Å²) < 4.78 is 5.48. The lowest BCUT2D eigenvalue weighted by atomic mass is 10.2. The number of hydrogen-bond donors (Lipinski definition) is 2. The van der Waals surface area contributed by atoms with Crippen LogP contribution in [-0.2, 0) is 0 Å². The maximum atomic E-state index is 11.9. The lowest BCUT2D eigenvalue weighted by molar-refractivity contribution is 0.0955. The zero-order valence-corrected chi connectivity index (χ0v) is 14.4. The molecule has 7 heteroatoms. The molecule has 5 nitrogen and oxygen atoms in total. The van der Waals surface area contributed by atoms with Gasteiger partial charge in [-0.3, -0.25) is 4.79 Å². The van der Waals surface area contributed by atoms with E-state index in [1.165, 1.54) is 30.5 Å². The standard InChI is InChI=1S/C17H16Cl2N2O3/c1-2-7-24-16-14(18)8-11(9-15(16)19)10-20-21-17(23)12-3-5-13(22)6-4-12/h3-6,8-10,22H,2,7H2,1H3,(H,21,23)/b20-10-. The van der Waals surface area contributed by atoms with E-state index in [9.17, 15) is 9.90 Å². The topological polar surface area (TPSA) is 70.9 Å². The van der Waals surface area contributed by atoms with Gasteiger partial charge in [-0.25, -0.2) is 5.43 Å². The molecule has 0 fully saturated rings. The van der Waals surface area contributed by atoms with E-state index in [0.29, 0.717) is 33.5 Å². The molecule has 0 bridgehead atoms. The molecule has 2 aromatic rings. The van der Waals surface area contributed by atoms with Gasteiger partial charge >= 0.3 is 0 Å². The van der Waals surface area contributed by atoms with E-state index in [0.717, 1.165) is 6.42 Å². The molecule has 2 aromatic carbocycles. The number of rotatable bonds is 6. The summed E-state index contributed by atoms with van der Waals surface area (Å²) in [5.74, 6) is 0.126. The highest BCUT2D eigenvalue weighted by Crippen LogP contribution is 2.33. The van der Waals surface area contributed by atoms with Crippen LogP contribution < -0.4 is 10.2 Å². The van der Waals surface area contributed by atoms with E-state index in [1.54, 1.807) is 12.1 Å². The van der Waals surface area contributed by atoms with Crippen molar-refractivity contribution >= 4 is 35.3 Å². The molecule has 0 atom stereocenters. The minimum Gasteiger partial charge on any atom is -0.508 e. The van der Waals surface area contributed by atoms with Gasteiger partial charge in [-0.15, -0.1) is 0 Å². The molecule has 0 saturated heterocycles. The molecule has 2 N–H and O–H groups in total. The van der Waals surface area contributed by atoms with E-state index < -0.39 is 5.91 Å². The van der Waals surface area contributed by atoms with Crippen LogP contribution >= 0.6 is 23.2 Å². The summed E-state index contributed by atoms with van der Waals surface area (Å²) in [7, 11) is 0. The van der Waals surface area contributed by atoms with Crippen molar-refractivity contribution in [1.29, 1.82) is 0 Å². The number of carbonyl (C=O) groups is 1. The molecule has 0 aliphatic rings. The molecule has 0 unspecified atom stereocenters. The minimum atomic E-state index is -0.397. The third-order valence-electron chi connectivity index (χ3n) is 2.98. The Hall–Kier alpha value is -2.24. The predicted molar refractivity (Wildman–Crippen MR) is 95.4 cm³/mol. The number of halogens is 2. The van der Waals surface area contributed by atoms with Gasteiger partial charge in [0.2, 0.25) is 0 Å². The van der Waals surface area contributed by atoms with Crippen molar-refractivity contribution in [3.63, 3.8) is 0 Å². The maximum Gasteiger partial charge on any atom is 0.271 e. The van der Waals surface area contributed by atoms with Crippen LogP contribution in [0.4, 0.5) is 0 Å². The smallest absolute Gasteiger partial charge is 0.271 e. The highest BCUT2D eigenvalue weighted by Gasteiger charge is 2.09. The Kier molecular flexibility index (Phi) is 6.46. The highest BCUT2D eigenvalue weighted by atomic mass is 35.5. The van der Waals surface area contributed by atoms with Gasteiger partial charge in [0.25, 0.3) is 5.91 Å². The molecule has 0 heterocycles. The Morgan fingerprint density at radius 2 is 1.88 bits per heavy atom. The van der Waals surface area contributed by atoms with Crippen molar-refractivity contribution in [3.05, 3.63) is 57.6 Å². The number of hydrogen-bond acceptors (Lipinski definition) is 4. The van der Waals surface area contributed by atoms with Gasteiger partial charge in [0.1, 0.15) is 5.75 Å². The van der Waals surface area contributed by atoms with Gasteiger partial charge in [-0.1, -0.05) is 30.1 Å². The normalized spacial score (nSPS) is 10.8. The van der Waals surface area contributed by atoms with Crippen LogP contribution in [0, 0.1) is 0 Å². The second kappa shape index (κ2) is 8.57. The Balaban J connectivity index is 2.03. The van der Waals surface area contributed by atoms with Crippen LogP contribution in [-0.4, -0.2) is 23.8 Å². The van der Waals surface area contributed by atoms with E-state index >= 15 is 0 Å². The Labute approximate surface area is 149 Å². The summed E-state index contributed by atoms with van der Waals surface area (Å²) in [4.78, 5) is 11.9. The van der Waals surface area contributed by atoms with Gasteiger partial charge in [-0.05, 0) is 48.4 Å². The summed E-state index contributed by atoms with van der Waals surface area (Å²) in [6.07, 6.45) is 2.28. The molecule has 1 amide bonds. The predicted octanol–water partition coefficient (Wildman–Crippen LogP) is 4.25. The average Bonchev–Trinajstić information content (AvgIpc) is 2.54. The molecular formula is C17H16Cl2N2O3. The molecule has 0 spiro atoms. The number of phenols is 1. The maximum absolute atomic E-state index is 11.9. The first-order valence-corrected chi connectivity index (χ1v) is 8.01. The van der Waals surface area contributed by atoms with Crippen molar-refractivity contribution in [2.24, 2.45) is 5.10 Å². The molecule has 24 heavy (non-hydrogen) atoms. The number of phenolic OH excluding ortho intramolecular Hbond substituents is 1. The molecule has 0 aliphatic heterocycles. The van der Waals surface area contributed by atoms with Gasteiger partial charge in [0.05, 0.1) is 22.9 Å². The Morgan fingerprint density at radius 1 is 1.25 bits per heavy atom. The summed E-state index contributed by atoms with van der Waals surface area (Å²) in [5, 5.41) is 13.8. The average molecular weight is 367 g/mol. The monoisotopic (exact) mass is 366 g/mol. The third kappa shape index (κ3) is 4.88. The molecule has 126 valence electrons. The summed E-state index contributed by atoms with van der Waals surface area (Å²) >= 11 is 12.3. The second-order valence-corrected chi connectivity index (χ2v) is 5.72. The Morgan fingerprint density at radius 3 is 2.46 bits per heavy atom. The summed E-state index contributed by atoms with van der Waals surface area (Å²) in [5.41, 5.74) is 3.39. The van der Waals surface area contributed by atoms with Gasteiger partial charge in [0.15, 0.2) is 5.75 Å². The first kappa shape index (κ1) is 18.1. The fraction of sp³-hybridized carbons (Fsp3) is 0.176. The largest absolute Gasteiger partial charge is 0.508 e. The molecule has 0 aliphatic carbocycles. The Bertz CT molecular complexity index is 723. The van der Waals surface area contributed by atoms with E-state index in [2.05, 4.69) is 10.5 Å². The van der Waals surface area contributed by atoms with Crippen LogP contribution in [0.3, 0.4) is 0 Å². The van der Waals surface area contributed by atoms with Crippen LogP contribution in [0.25, 0.3) is 0 Å². The van der Waals surface area contributed by atoms with Gasteiger partial charge in [0, 0.05) is 5.56 Å². The van der Waals surface area contributed by atoms with Gasteiger partial charge in [-0.2, -0.15) is 5.10 Å². The fourth-order valence-corrected chi connectivity index (χ4v) is 2.45. The lowest BCUT2D eigenvalue weighted by Gasteiger charge is -2.09. The zero-order chi connectivity index (χ0) is 17.5.